The third-order valence-corrected chi connectivity index (χ3v) is 7.30. The fraction of sp³-hybridized carbons (Fsp3) is 0.207. The van der Waals surface area contributed by atoms with Gasteiger partial charge in [0.1, 0.15) is 34.6 Å². The van der Waals surface area contributed by atoms with Crippen molar-refractivity contribution in [1.29, 1.82) is 0 Å². The Morgan fingerprint density at radius 1 is 1.02 bits per heavy atom. The molecule has 2 heterocycles. The number of ether oxygens (including phenoxy) is 2. The van der Waals surface area contributed by atoms with E-state index < -0.39 is 6.04 Å². The lowest BCUT2D eigenvalue weighted by molar-refractivity contribution is -0.139. The first kappa shape index (κ1) is 26.8. The predicted octanol–water partition coefficient (Wildman–Crippen LogP) is 4.63. The van der Waals surface area contributed by atoms with Gasteiger partial charge in [-0.15, -0.1) is 16.4 Å². The molecule has 0 aliphatic rings. The number of para-hydroxylation sites is 1. The fourth-order valence-electron chi connectivity index (χ4n) is 4.25. The van der Waals surface area contributed by atoms with Crippen LogP contribution >= 0.6 is 11.3 Å². The van der Waals surface area contributed by atoms with Crippen LogP contribution in [0.25, 0.3) is 22.3 Å². The molecule has 204 valence electrons. The lowest BCUT2D eigenvalue weighted by Crippen LogP contribution is -2.46. The van der Waals surface area contributed by atoms with Crippen LogP contribution in [0.4, 0.5) is 5.69 Å². The zero-order valence-corrected chi connectivity index (χ0v) is 23.1. The highest BCUT2D eigenvalue weighted by atomic mass is 32.1. The number of carbonyl (C=O) groups excluding carboxylic acids is 2. The van der Waals surface area contributed by atoms with E-state index in [2.05, 4.69) is 15.6 Å². The third-order valence-electron chi connectivity index (χ3n) is 6.47. The second kappa shape index (κ2) is 12.0. The van der Waals surface area contributed by atoms with Crippen molar-refractivity contribution in [1.82, 2.24) is 24.9 Å². The molecule has 5 aromatic rings. The number of hydrogen-bond acceptors (Lipinski definition) is 8. The van der Waals surface area contributed by atoms with Gasteiger partial charge in [0.15, 0.2) is 0 Å². The molecule has 2 aromatic heterocycles. The summed E-state index contributed by atoms with van der Waals surface area (Å²) in [4.78, 5) is 33.5. The number of thiazole rings is 1. The minimum Gasteiger partial charge on any atom is -0.497 e. The smallest absolute Gasteiger partial charge is 0.247 e. The van der Waals surface area contributed by atoms with Crippen LogP contribution < -0.4 is 14.8 Å². The normalized spacial score (nSPS) is 11.7. The van der Waals surface area contributed by atoms with Gasteiger partial charge in [0.25, 0.3) is 0 Å². The number of nitrogens with one attached hydrogen (secondary N) is 1. The van der Waals surface area contributed by atoms with Gasteiger partial charge in [0.05, 0.1) is 37.7 Å². The standard InChI is InChI=1S/C29H28N6O4S/c1-19(29(37)31-23-14-13-21(38-2)15-26(23)39-3)34(16-27-30-24(18-40-27)20-9-5-4-6-10-20)28(36)17-35-25-12-8-7-11-22(25)32-33-35/h4-15,18-19H,16-17H2,1-3H3,(H,31,37). The molecule has 40 heavy (non-hydrogen) atoms. The Morgan fingerprint density at radius 3 is 2.58 bits per heavy atom. The van der Waals surface area contributed by atoms with E-state index in [1.165, 1.54) is 23.3 Å². The number of carbonyl (C=O) groups is 2. The largest absolute Gasteiger partial charge is 0.497 e. The summed E-state index contributed by atoms with van der Waals surface area (Å²) in [6.07, 6.45) is 0. The molecular weight excluding hydrogens is 528 g/mol. The van der Waals surface area contributed by atoms with E-state index >= 15 is 0 Å². The Kier molecular flexibility index (Phi) is 8.02. The van der Waals surface area contributed by atoms with Crippen LogP contribution in [0.5, 0.6) is 11.5 Å². The van der Waals surface area contributed by atoms with Gasteiger partial charge in [0.2, 0.25) is 11.8 Å². The molecule has 0 spiro atoms. The third kappa shape index (κ3) is 5.79. The Morgan fingerprint density at radius 2 is 1.80 bits per heavy atom. The molecule has 0 bridgehead atoms. The molecule has 1 unspecified atom stereocenters. The van der Waals surface area contributed by atoms with Crippen molar-refractivity contribution in [3.05, 3.63) is 83.2 Å². The molecule has 1 N–H and O–H groups in total. The zero-order chi connectivity index (χ0) is 28.1. The Bertz CT molecular complexity index is 1630. The highest BCUT2D eigenvalue weighted by molar-refractivity contribution is 7.09. The van der Waals surface area contributed by atoms with Gasteiger partial charge < -0.3 is 19.7 Å². The van der Waals surface area contributed by atoms with Crippen LogP contribution in [0.2, 0.25) is 0 Å². The van der Waals surface area contributed by atoms with Crippen molar-refractivity contribution in [3.63, 3.8) is 0 Å². The number of amides is 2. The first-order valence-electron chi connectivity index (χ1n) is 12.6. The summed E-state index contributed by atoms with van der Waals surface area (Å²) in [6, 6.07) is 21.5. The van der Waals surface area contributed by atoms with Gasteiger partial charge in [0, 0.05) is 17.0 Å². The van der Waals surface area contributed by atoms with Crippen molar-refractivity contribution < 1.29 is 19.1 Å². The van der Waals surface area contributed by atoms with Crippen molar-refractivity contribution in [2.75, 3.05) is 19.5 Å². The number of nitrogens with zero attached hydrogens (tertiary/aromatic N) is 5. The van der Waals surface area contributed by atoms with E-state index in [0.717, 1.165) is 16.8 Å². The summed E-state index contributed by atoms with van der Waals surface area (Å²) in [6.45, 7) is 1.76. The number of anilines is 1. The number of rotatable bonds is 10. The summed E-state index contributed by atoms with van der Waals surface area (Å²) >= 11 is 1.44. The van der Waals surface area contributed by atoms with Crippen molar-refractivity contribution >= 4 is 39.9 Å². The van der Waals surface area contributed by atoms with E-state index in [4.69, 9.17) is 14.5 Å². The first-order valence-corrected chi connectivity index (χ1v) is 13.4. The van der Waals surface area contributed by atoms with Crippen LogP contribution in [0, 0.1) is 0 Å². The van der Waals surface area contributed by atoms with Crippen LogP contribution in [0.1, 0.15) is 11.9 Å². The molecule has 0 aliphatic heterocycles. The SMILES string of the molecule is COc1ccc(NC(=O)C(C)N(Cc2nc(-c3ccccc3)cs2)C(=O)Cn2nnc3ccccc32)c(OC)c1. The summed E-state index contributed by atoms with van der Waals surface area (Å²) in [5.41, 5.74) is 3.68. The first-order chi connectivity index (χ1) is 19.5. The molecule has 3 aromatic carbocycles. The van der Waals surface area contributed by atoms with E-state index in [-0.39, 0.29) is 24.9 Å². The highest BCUT2D eigenvalue weighted by Gasteiger charge is 2.28. The number of benzene rings is 3. The molecule has 11 heteroatoms. The topological polar surface area (TPSA) is 111 Å². The number of methoxy groups -OCH3 is 2. The summed E-state index contributed by atoms with van der Waals surface area (Å²) in [7, 11) is 3.07. The molecule has 0 saturated carbocycles. The molecule has 0 aliphatic carbocycles. The quantitative estimate of drug-likeness (QED) is 0.267. The number of aromatic nitrogens is 4. The maximum atomic E-state index is 13.7. The van der Waals surface area contributed by atoms with E-state index in [1.807, 2.05) is 60.0 Å². The van der Waals surface area contributed by atoms with Gasteiger partial charge in [-0.05, 0) is 31.2 Å². The van der Waals surface area contributed by atoms with Gasteiger partial charge in [-0.3, -0.25) is 9.59 Å². The highest BCUT2D eigenvalue weighted by Crippen LogP contribution is 2.30. The number of hydrogen-bond donors (Lipinski definition) is 1. The minimum atomic E-state index is -0.835. The lowest BCUT2D eigenvalue weighted by Gasteiger charge is -2.28. The van der Waals surface area contributed by atoms with Crippen molar-refractivity contribution in [2.45, 2.75) is 26.1 Å². The second-order valence-electron chi connectivity index (χ2n) is 8.98. The summed E-state index contributed by atoms with van der Waals surface area (Å²) in [5.74, 6) is 0.369. The second-order valence-corrected chi connectivity index (χ2v) is 9.92. The molecule has 0 fully saturated rings. The molecule has 1 atom stereocenters. The van der Waals surface area contributed by atoms with E-state index in [9.17, 15) is 9.59 Å². The van der Waals surface area contributed by atoms with Crippen LogP contribution in [-0.4, -0.2) is 57.0 Å². The number of fused-ring (bicyclic) bond motifs is 1. The van der Waals surface area contributed by atoms with Crippen LogP contribution in [-0.2, 0) is 22.7 Å². The zero-order valence-electron chi connectivity index (χ0n) is 22.3. The minimum absolute atomic E-state index is 0.0824. The molecule has 0 saturated heterocycles. The van der Waals surface area contributed by atoms with Gasteiger partial charge >= 0.3 is 0 Å². The van der Waals surface area contributed by atoms with Crippen molar-refractivity contribution in [3.8, 4) is 22.8 Å². The molecular formula is C29H28N6O4S. The Hall–Kier alpha value is -4.77. The Balaban J connectivity index is 1.41. The fourth-order valence-corrected chi connectivity index (χ4v) is 5.05. The predicted molar refractivity (Wildman–Crippen MR) is 153 cm³/mol. The van der Waals surface area contributed by atoms with Gasteiger partial charge in [-0.25, -0.2) is 9.67 Å². The van der Waals surface area contributed by atoms with Gasteiger partial charge in [-0.2, -0.15) is 0 Å². The lowest BCUT2D eigenvalue weighted by atomic mass is 10.2. The van der Waals surface area contributed by atoms with Gasteiger partial charge in [-0.1, -0.05) is 47.7 Å². The maximum absolute atomic E-state index is 13.7. The van der Waals surface area contributed by atoms with E-state index in [1.54, 1.807) is 36.9 Å². The van der Waals surface area contributed by atoms with Crippen LogP contribution in [0.15, 0.2) is 78.2 Å². The average molecular weight is 557 g/mol. The summed E-state index contributed by atoms with van der Waals surface area (Å²) < 4.78 is 12.2. The average Bonchev–Trinajstić information content (AvgIpc) is 3.63. The molecule has 0 radical (unpaired) electrons. The monoisotopic (exact) mass is 556 g/mol. The summed E-state index contributed by atoms with van der Waals surface area (Å²) in [5, 5.41) is 13.8. The molecule has 5 rings (SSSR count). The molecule has 10 nitrogen and oxygen atoms in total. The van der Waals surface area contributed by atoms with Crippen LogP contribution in [0.3, 0.4) is 0 Å². The van der Waals surface area contributed by atoms with Crippen molar-refractivity contribution in [2.24, 2.45) is 0 Å². The van der Waals surface area contributed by atoms with E-state index in [0.29, 0.717) is 27.7 Å². The Labute approximate surface area is 235 Å². The molecule has 2 amide bonds. The maximum Gasteiger partial charge on any atom is 0.247 e.